The van der Waals surface area contributed by atoms with Crippen molar-refractivity contribution in [1.29, 1.82) is 0 Å². The Morgan fingerprint density at radius 1 is 0.767 bits per heavy atom. The molecule has 2 aliphatic rings. The molecule has 1 aliphatic carbocycles. The third-order valence-electron chi connectivity index (χ3n) is 8.44. The third kappa shape index (κ3) is 5.02. The van der Waals surface area contributed by atoms with Crippen LogP contribution < -0.4 is 5.19 Å². The fraction of sp³-hybridized carbons (Fsp3) is 0.571. The highest BCUT2D eigenvalue weighted by atomic mass is 28.3. The Morgan fingerprint density at radius 2 is 1.40 bits per heavy atom. The van der Waals surface area contributed by atoms with Crippen LogP contribution in [0.4, 0.5) is 0 Å². The monoisotopic (exact) mass is 420 g/mol. The molecule has 2 aromatic rings. The van der Waals surface area contributed by atoms with Crippen molar-refractivity contribution in [2.75, 3.05) is 0 Å². The molecule has 2 fully saturated rings. The Balaban J connectivity index is 1.34. The maximum atomic E-state index is 9.56. The van der Waals surface area contributed by atoms with E-state index in [1.807, 2.05) is 12.1 Å². The van der Waals surface area contributed by atoms with E-state index in [4.69, 9.17) is 0 Å². The smallest absolute Gasteiger partial charge is 0.115 e. The minimum Gasteiger partial charge on any atom is -0.508 e. The Hall–Kier alpha value is -1.54. The number of phenols is 1. The topological polar surface area (TPSA) is 20.2 Å². The fourth-order valence-electron chi connectivity index (χ4n) is 6.52. The Morgan fingerprint density at radius 3 is 2.03 bits per heavy atom. The van der Waals surface area contributed by atoms with Gasteiger partial charge in [0, 0.05) is 0 Å². The average Bonchev–Trinajstić information content (AvgIpc) is 2.81. The number of rotatable bonds is 7. The summed E-state index contributed by atoms with van der Waals surface area (Å²) < 4.78 is 0. The van der Waals surface area contributed by atoms with Crippen molar-refractivity contribution in [2.45, 2.75) is 88.8 Å². The van der Waals surface area contributed by atoms with E-state index in [-0.39, 0.29) is 0 Å². The predicted octanol–water partition coefficient (Wildman–Crippen LogP) is 7.62. The van der Waals surface area contributed by atoms with Crippen LogP contribution in [0.3, 0.4) is 0 Å². The number of benzene rings is 2. The number of unbranched alkanes of at least 4 members (excludes halogenated alkanes) is 2. The van der Waals surface area contributed by atoms with E-state index in [0.717, 1.165) is 11.8 Å². The van der Waals surface area contributed by atoms with Crippen molar-refractivity contribution in [3.8, 4) is 5.75 Å². The maximum Gasteiger partial charge on any atom is 0.115 e. The molecule has 0 unspecified atom stereocenters. The van der Waals surface area contributed by atoms with E-state index in [0.29, 0.717) is 11.7 Å². The molecule has 1 N–H and O–H groups in total. The normalized spacial score (nSPS) is 29.6. The first kappa shape index (κ1) is 21.7. The van der Waals surface area contributed by atoms with Gasteiger partial charge in [-0.2, -0.15) is 0 Å². The average molecular weight is 421 g/mol. The Labute approximate surface area is 184 Å². The summed E-state index contributed by atoms with van der Waals surface area (Å²) in [5.74, 6) is 3.02. The third-order valence-corrected chi connectivity index (χ3v) is 13.8. The second-order valence-corrected chi connectivity index (χ2v) is 14.8. The zero-order valence-corrected chi connectivity index (χ0v) is 19.9. The molecule has 0 atom stereocenters. The number of hydrogen-bond donors (Lipinski definition) is 1. The van der Waals surface area contributed by atoms with Gasteiger partial charge in [-0.15, -0.1) is 0 Å². The molecule has 0 spiro atoms. The van der Waals surface area contributed by atoms with Crippen LogP contribution in [0.2, 0.25) is 18.1 Å². The van der Waals surface area contributed by atoms with Gasteiger partial charge in [-0.05, 0) is 61.1 Å². The second kappa shape index (κ2) is 10.2. The van der Waals surface area contributed by atoms with Gasteiger partial charge in [-0.25, -0.2) is 0 Å². The molecule has 0 amide bonds. The largest absolute Gasteiger partial charge is 0.508 e. The molecule has 1 saturated heterocycles. The molecular formula is C28H40OSi. The molecule has 2 heteroatoms. The van der Waals surface area contributed by atoms with Gasteiger partial charge in [-0.3, -0.25) is 0 Å². The van der Waals surface area contributed by atoms with Gasteiger partial charge in [0.1, 0.15) is 5.75 Å². The second-order valence-electron chi connectivity index (χ2n) is 10.1. The first-order valence-corrected chi connectivity index (χ1v) is 15.2. The zero-order chi connectivity index (χ0) is 20.8. The lowest BCUT2D eigenvalue weighted by Gasteiger charge is -2.43. The summed E-state index contributed by atoms with van der Waals surface area (Å²) in [6, 6.07) is 24.2. The van der Waals surface area contributed by atoms with E-state index >= 15 is 0 Å². The van der Waals surface area contributed by atoms with E-state index in [1.54, 1.807) is 5.19 Å². The van der Waals surface area contributed by atoms with Crippen molar-refractivity contribution in [3.05, 3.63) is 60.2 Å². The summed E-state index contributed by atoms with van der Waals surface area (Å²) in [5, 5.41) is 11.3. The van der Waals surface area contributed by atoms with Crippen LogP contribution in [0.25, 0.3) is 0 Å². The molecule has 0 aromatic heterocycles. The van der Waals surface area contributed by atoms with Crippen molar-refractivity contribution in [1.82, 2.24) is 0 Å². The molecule has 0 radical (unpaired) electrons. The molecule has 1 nitrogen and oxygen atoms in total. The first-order valence-electron chi connectivity index (χ1n) is 12.5. The van der Waals surface area contributed by atoms with Crippen LogP contribution in [-0.2, 0) is 0 Å². The molecule has 2 aromatic carbocycles. The minimum atomic E-state index is -1.30. The van der Waals surface area contributed by atoms with Crippen LogP contribution in [0.15, 0.2) is 54.6 Å². The summed E-state index contributed by atoms with van der Waals surface area (Å²) in [5.41, 5.74) is 1.43. The summed E-state index contributed by atoms with van der Waals surface area (Å²) >= 11 is 0. The maximum absolute atomic E-state index is 9.56. The molecule has 162 valence electrons. The highest BCUT2D eigenvalue weighted by molar-refractivity contribution is 6.92. The lowest BCUT2D eigenvalue weighted by molar-refractivity contribution is 0.215. The van der Waals surface area contributed by atoms with Gasteiger partial charge in [-0.1, -0.05) is 105 Å². The standard InChI is InChI=1S/C28H40OSi/c1-2-3-7-20-30(28-8-5-4-6-9-28)21-18-26(19-22-30)24-12-10-23(11-13-24)25-14-16-27(29)17-15-25/h4-6,8-9,14-17,23-24,26,29H,2-3,7,10-13,18-22H2,1H3/t23-,24-,26?,30?. The summed E-state index contributed by atoms with van der Waals surface area (Å²) in [7, 11) is -1.30. The molecule has 0 bridgehead atoms. The van der Waals surface area contributed by atoms with Crippen molar-refractivity contribution >= 4 is 13.3 Å². The van der Waals surface area contributed by atoms with Crippen LogP contribution in [0, 0.1) is 11.8 Å². The van der Waals surface area contributed by atoms with Crippen LogP contribution in [0.5, 0.6) is 5.75 Å². The summed E-state index contributed by atoms with van der Waals surface area (Å²) in [6.45, 7) is 2.34. The Kier molecular flexibility index (Phi) is 7.35. The number of aromatic hydroxyl groups is 1. The van der Waals surface area contributed by atoms with Gasteiger partial charge in [0.05, 0.1) is 8.07 Å². The van der Waals surface area contributed by atoms with Crippen LogP contribution in [-0.4, -0.2) is 13.2 Å². The van der Waals surface area contributed by atoms with Gasteiger partial charge in [0.15, 0.2) is 0 Å². The van der Waals surface area contributed by atoms with Gasteiger partial charge in [0.25, 0.3) is 0 Å². The predicted molar refractivity (Wildman–Crippen MR) is 131 cm³/mol. The number of phenolic OH excluding ortho intramolecular Hbond substituents is 1. The molecule has 1 heterocycles. The highest BCUT2D eigenvalue weighted by Gasteiger charge is 2.40. The zero-order valence-electron chi connectivity index (χ0n) is 18.9. The van der Waals surface area contributed by atoms with E-state index in [1.165, 1.54) is 81.5 Å². The van der Waals surface area contributed by atoms with E-state index < -0.39 is 8.07 Å². The lowest BCUT2D eigenvalue weighted by Crippen LogP contribution is -2.50. The molecule has 30 heavy (non-hydrogen) atoms. The minimum absolute atomic E-state index is 0.389. The van der Waals surface area contributed by atoms with E-state index in [2.05, 4.69) is 49.4 Å². The molecular weight excluding hydrogens is 380 g/mol. The van der Waals surface area contributed by atoms with E-state index in [9.17, 15) is 5.11 Å². The quantitative estimate of drug-likeness (QED) is 0.361. The lowest BCUT2D eigenvalue weighted by atomic mass is 9.72. The molecule has 4 rings (SSSR count). The number of hydrogen-bond acceptors (Lipinski definition) is 1. The Bertz CT molecular complexity index is 753. The van der Waals surface area contributed by atoms with Crippen LogP contribution >= 0.6 is 0 Å². The highest BCUT2D eigenvalue weighted by Crippen LogP contribution is 2.46. The van der Waals surface area contributed by atoms with Gasteiger partial charge < -0.3 is 5.11 Å². The van der Waals surface area contributed by atoms with Crippen LogP contribution in [0.1, 0.15) is 76.2 Å². The summed E-state index contributed by atoms with van der Waals surface area (Å²) in [6.07, 6.45) is 12.7. The molecule has 1 aliphatic heterocycles. The van der Waals surface area contributed by atoms with Gasteiger partial charge >= 0.3 is 0 Å². The SMILES string of the molecule is CCCCC[Si]1(c2ccccc2)CCC([C@H]2CC[C@H](c3ccc(O)cc3)CC2)CC1. The summed E-state index contributed by atoms with van der Waals surface area (Å²) in [4.78, 5) is 0. The fourth-order valence-corrected chi connectivity index (χ4v) is 11.8. The molecule has 1 saturated carbocycles. The van der Waals surface area contributed by atoms with Crippen molar-refractivity contribution in [2.24, 2.45) is 11.8 Å². The van der Waals surface area contributed by atoms with Crippen molar-refractivity contribution < 1.29 is 5.11 Å². The van der Waals surface area contributed by atoms with Crippen molar-refractivity contribution in [3.63, 3.8) is 0 Å². The van der Waals surface area contributed by atoms with Gasteiger partial charge in [0.2, 0.25) is 0 Å². The first-order chi connectivity index (χ1) is 14.7.